The Bertz CT molecular complexity index is 1140. The molecule has 0 saturated heterocycles. The number of hydrogen-bond donors (Lipinski definition) is 1. The smallest absolute Gasteiger partial charge is 0.336 e. The average Bonchev–Trinajstić information content (AvgIpc) is 3.66. The van der Waals surface area contributed by atoms with Crippen LogP contribution in [0.15, 0.2) is 60.9 Å². The van der Waals surface area contributed by atoms with Gasteiger partial charge in [-0.3, -0.25) is 4.98 Å². The third-order valence-electron chi connectivity index (χ3n) is 6.99. The Morgan fingerprint density at radius 3 is 2.64 bits per heavy atom. The Balaban J connectivity index is 1.29. The van der Waals surface area contributed by atoms with Crippen molar-refractivity contribution in [3.63, 3.8) is 0 Å². The number of aromatic carboxylic acids is 1. The van der Waals surface area contributed by atoms with E-state index in [-0.39, 0.29) is 0 Å². The highest BCUT2D eigenvalue weighted by Gasteiger charge is 2.24. The fourth-order valence-corrected chi connectivity index (χ4v) is 4.79. The highest BCUT2D eigenvalue weighted by molar-refractivity contribution is 5.89. The Morgan fingerprint density at radius 2 is 1.88 bits per heavy atom. The summed E-state index contributed by atoms with van der Waals surface area (Å²) in [6.07, 6.45) is 9.67. The van der Waals surface area contributed by atoms with Gasteiger partial charge in [-0.1, -0.05) is 18.2 Å². The summed E-state index contributed by atoms with van der Waals surface area (Å²) >= 11 is 0. The molecule has 0 bridgehead atoms. The molecule has 170 valence electrons. The Morgan fingerprint density at radius 1 is 1.09 bits per heavy atom. The molecule has 5 nitrogen and oxygen atoms in total. The molecular weight excluding hydrogens is 412 g/mol. The topological polar surface area (TPSA) is 62.7 Å². The van der Waals surface area contributed by atoms with Crippen LogP contribution in [0.25, 0.3) is 0 Å². The lowest BCUT2D eigenvalue weighted by Gasteiger charge is -2.28. The van der Waals surface area contributed by atoms with E-state index in [4.69, 9.17) is 4.74 Å². The van der Waals surface area contributed by atoms with Crippen molar-refractivity contribution < 1.29 is 14.6 Å². The molecule has 0 amide bonds. The minimum Gasteiger partial charge on any atom is -0.493 e. The van der Waals surface area contributed by atoms with E-state index in [0.717, 1.165) is 35.8 Å². The fourth-order valence-electron chi connectivity index (χ4n) is 4.79. The molecule has 5 rings (SSSR count). The number of aryl methyl sites for hydroxylation is 1. The van der Waals surface area contributed by atoms with Gasteiger partial charge >= 0.3 is 5.97 Å². The Labute approximate surface area is 195 Å². The standard InChI is InChI=1S/C28H30N2O3/c1-30(23-8-4-20(5-9-23)16-19-2-3-19)24-10-11-25-21(13-15-33-27(25)17-24)6-7-22-18-29-14-12-26(22)28(31)32/h4-5,8-12,14,17-19,21H,2-3,6-7,13,15-16H2,1H3,(H,31,32)/t21-/m1/s1. The van der Waals surface area contributed by atoms with Crippen LogP contribution in [0.1, 0.15) is 58.6 Å². The number of ether oxygens (including phenoxy) is 1. The van der Waals surface area contributed by atoms with Gasteiger partial charge in [0.2, 0.25) is 0 Å². The van der Waals surface area contributed by atoms with Gasteiger partial charge in [-0.05, 0) is 91.3 Å². The molecule has 1 aliphatic heterocycles. The molecule has 1 aromatic heterocycles. The predicted molar refractivity (Wildman–Crippen MR) is 130 cm³/mol. The van der Waals surface area contributed by atoms with Crippen LogP contribution in [0.2, 0.25) is 0 Å². The fraction of sp³-hybridized carbons (Fsp3) is 0.357. The van der Waals surface area contributed by atoms with Crippen molar-refractivity contribution in [3.8, 4) is 5.75 Å². The first kappa shape index (κ1) is 21.5. The van der Waals surface area contributed by atoms with E-state index in [2.05, 4.69) is 59.4 Å². The largest absolute Gasteiger partial charge is 0.493 e. The van der Waals surface area contributed by atoms with Crippen molar-refractivity contribution >= 4 is 17.3 Å². The van der Waals surface area contributed by atoms with Crippen LogP contribution >= 0.6 is 0 Å². The van der Waals surface area contributed by atoms with Crippen LogP contribution in [-0.4, -0.2) is 29.7 Å². The number of rotatable bonds is 8. The molecule has 1 saturated carbocycles. The van der Waals surface area contributed by atoms with Crippen LogP contribution in [0.4, 0.5) is 11.4 Å². The van der Waals surface area contributed by atoms with Crippen LogP contribution < -0.4 is 9.64 Å². The summed E-state index contributed by atoms with van der Waals surface area (Å²) in [4.78, 5) is 17.8. The van der Waals surface area contributed by atoms with Crippen LogP contribution in [0, 0.1) is 5.92 Å². The van der Waals surface area contributed by atoms with Crippen molar-refractivity contribution in [2.45, 2.75) is 44.4 Å². The number of anilines is 2. The van der Waals surface area contributed by atoms with E-state index >= 15 is 0 Å². The van der Waals surface area contributed by atoms with E-state index in [1.807, 2.05) is 0 Å². The average molecular weight is 443 g/mol. The number of pyridine rings is 1. The second kappa shape index (κ2) is 9.26. The van der Waals surface area contributed by atoms with E-state index in [1.165, 1.54) is 42.3 Å². The molecule has 0 spiro atoms. The third-order valence-corrected chi connectivity index (χ3v) is 6.99. The summed E-state index contributed by atoms with van der Waals surface area (Å²) in [6.45, 7) is 0.680. The van der Waals surface area contributed by atoms with Crippen molar-refractivity contribution in [3.05, 3.63) is 83.2 Å². The SMILES string of the molecule is CN(c1ccc(CC2CC2)cc1)c1ccc2c(c1)OCC[C@H]2CCc1cnccc1C(=O)O. The summed E-state index contributed by atoms with van der Waals surface area (Å²) in [5.74, 6) is 1.28. The van der Waals surface area contributed by atoms with Gasteiger partial charge in [0.25, 0.3) is 0 Å². The maximum absolute atomic E-state index is 11.5. The monoisotopic (exact) mass is 442 g/mol. The number of hydrogen-bond acceptors (Lipinski definition) is 4. The summed E-state index contributed by atoms with van der Waals surface area (Å²) < 4.78 is 6.03. The first-order valence-electron chi connectivity index (χ1n) is 11.8. The zero-order valence-electron chi connectivity index (χ0n) is 19.0. The lowest BCUT2D eigenvalue weighted by molar-refractivity contribution is 0.0695. The van der Waals surface area contributed by atoms with E-state index in [0.29, 0.717) is 24.5 Å². The number of nitrogens with zero attached hydrogens (tertiary/aromatic N) is 2. The van der Waals surface area contributed by atoms with Gasteiger partial charge in [-0.15, -0.1) is 0 Å². The lowest BCUT2D eigenvalue weighted by atomic mass is 9.87. The molecule has 0 unspecified atom stereocenters. The van der Waals surface area contributed by atoms with Gasteiger partial charge in [0, 0.05) is 36.9 Å². The Kier molecular flexibility index (Phi) is 6.03. The van der Waals surface area contributed by atoms with Crippen molar-refractivity contribution in [2.24, 2.45) is 5.92 Å². The molecule has 1 fully saturated rings. The summed E-state index contributed by atoms with van der Waals surface area (Å²) in [6, 6.07) is 16.9. The zero-order valence-corrected chi connectivity index (χ0v) is 19.0. The van der Waals surface area contributed by atoms with Crippen LogP contribution in [0.5, 0.6) is 5.75 Å². The van der Waals surface area contributed by atoms with Crippen molar-refractivity contribution in [1.29, 1.82) is 0 Å². The zero-order chi connectivity index (χ0) is 22.8. The van der Waals surface area contributed by atoms with E-state index in [1.54, 1.807) is 12.3 Å². The predicted octanol–water partition coefficient (Wildman–Crippen LogP) is 6.00. The molecule has 1 atom stereocenters. The maximum Gasteiger partial charge on any atom is 0.336 e. The summed E-state index contributed by atoms with van der Waals surface area (Å²) in [7, 11) is 2.09. The summed E-state index contributed by atoms with van der Waals surface area (Å²) in [5, 5.41) is 9.44. The molecule has 2 aromatic carbocycles. The number of carboxylic acid groups (broad SMARTS) is 1. The van der Waals surface area contributed by atoms with Gasteiger partial charge in [0.1, 0.15) is 5.75 Å². The van der Waals surface area contributed by atoms with Gasteiger partial charge in [0.05, 0.1) is 12.2 Å². The van der Waals surface area contributed by atoms with Crippen LogP contribution in [-0.2, 0) is 12.8 Å². The molecule has 2 aliphatic rings. The van der Waals surface area contributed by atoms with Gasteiger partial charge < -0.3 is 14.7 Å². The van der Waals surface area contributed by atoms with Gasteiger partial charge in [-0.25, -0.2) is 4.79 Å². The summed E-state index contributed by atoms with van der Waals surface area (Å²) in [5.41, 5.74) is 6.03. The number of carboxylic acids is 1. The molecule has 3 aromatic rings. The van der Waals surface area contributed by atoms with Gasteiger partial charge in [-0.2, -0.15) is 0 Å². The van der Waals surface area contributed by atoms with Gasteiger partial charge in [0.15, 0.2) is 0 Å². The second-order valence-electron chi connectivity index (χ2n) is 9.31. The highest BCUT2D eigenvalue weighted by Crippen LogP contribution is 2.40. The number of carbonyl (C=O) groups is 1. The molecule has 1 aliphatic carbocycles. The number of fused-ring (bicyclic) bond motifs is 1. The second-order valence-corrected chi connectivity index (χ2v) is 9.31. The maximum atomic E-state index is 11.5. The van der Waals surface area contributed by atoms with Crippen molar-refractivity contribution in [2.75, 3.05) is 18.6 Å². The molecule has 0 radical (unpaired) electrons. The number of aromatic nitrogens is 1. The third kappa shape index (κ3) is 4.87. The Hall–Kier alpha value is -3.34. The quantitative estimate of drug-likeness (QED) is 0.464. The first-order chi connectivity index (χ1) is 16.1. The molecule has 33 heavy (non-hydrogen) atoms. The van der Waals surface area contributed by atoms with E-state index in [9.17, 15) is 9.90 Å². The minimum absolute atomic E-state index is 0.344. The van der Waals surface area contributed by atoms with Crippen molar-refractivity contribution in [1.82, 2.24) is 4.98 Å². The minimum atomic E-state index is -0.895. The highest BCUT2D eigenvalue weighted by atomic mass is 16.5. The number of benzene rings is 2. The molecule has 5 heteroatoms. The molecular formula is C28H30N2O3. The molecule has 2 heterocycles. The first-order valence-corrected chi connectivity index (χ1v) is 11.8. The van der Waals surface area contributed by atoms with Crippen LogP contribution in [0.3, 0.4) is 0 Å². The van der Waals surface area contributed by atoms with E-state index < -0.39 is 5.97 Å². The molecule has 1 N–H and O–H groups in total. The normalized spacial score (nSPS) is 17.2. The lowest BCUT2D eigenvalue weighted by Crippen LogP contribution is -2.17.